The van der Waals surface area contributed by atoms with Crippen molar-refractivity contribution in [1.82, 2.24) is 14.9 Å². The molecule has 1 aliphatic carbocycles. The number of amides is 1. The summed E-state index contributed by atoms with van der Waals surface area (Å²) in [6.07, 6.45) is 4.12. The molecule has 2 aromatic carbocycles. The number of phenolic OH excluding ortho intramolecular Hbond substituents is 1. The zero-order chi connectivity index (χ0) is 26.9. The van der Waals surface area contributed by atoms with E-state index >= 15 is 0 Å². The number of rotatable bonds is 6. The average molecular weight is 528 g/mol. The van der Waals surface area contributed by atoms with Gasteiger partial charge in [0.25, 0.3) is 0 Å². The number of Topliss-reactive ketones (excluding diaryl/α,β-unsaturated/α-hetero) is 1. The van der Waals surface area contributed by atoms with Gasteiger partial charge in [-0.3, -0.25) is 9.59 Å². The quantitative estimate of drug-likeness (QED) is 0.487. The van der Waals surface area contributed by atoms with Gasteiger partial charge in [-0.2, -0.15) is 9.97 Å². The average Bonchev–Trinajstić information content (AvgIpc) is 3.39. The van der Waals surface area contributed by atoms with Crippen LogP contribution in [-0.2, 0) is 22.6 Å². The summed E-state index contributed by atoms with van der Waals surface area (Å²) in [6, 6.07) is 12.0. The van der Waals surface area contributed by atoms with Crippen LogP contribution in [0.4, 0.5) is 11.5 Å². The first-order valence-electron chi connectivity index (χ1n) is 13.7. The van der Waals surface area contributed by atoms with Crippen LogP contribution < -0.4 is 14.5 Å². The van der Waals surface area contributed by atoms with Crippen LogP contribution in [0.1, 0.15) is 30.5 Å². The van der Waals surface area contributed by atoms with Gasteiger partial charge in [0.15, 0.2) is 0 Å². The largest absolute Gasteiger partial charge is 0.508 e. The summed E-state index contributed by atoms with van der Waals surface area (Å²) in [5.41, 5.74) is 2.98. The Bertz CT molecular complexity index is 1430. The summed E-state index contributed by atoms with van der Waals surface area (Å²) in [7, 11) is 0. The number of hydrogen-bond acceptors (Lipinski definition) is 8. The fourth-order valence-electron chi connectivity index (χ4n) is 5.95. The first kappa shape index (κ1) is 25.2. The maximum Gasteiger partial charge on any atom is 0.318 e. The van der Waals surface area contributed by atoms with Crippen molar-refractivity contribution < 1.29 is 19.4 Å². The lowest BCUT2D eigenvalue weighted by Gasteiger charge is -2.38. The van der Waals surface area contributed by atoms with Gasteiger partial charge in [-0.15, -0.1) is 0 Å². The highest BCUT2D eigenvalue weighted by Crippen LogP contribution is 2.36. The van der Waals surface area contributed by atoms with Gasteiger partial charge in [0.2, 0.25) is 5.91 Å². The predicted molar refractivity (Wildman–Crippen MR) is 149 cm³/mol. The second kappa shape index (κ2) is 10.6. The molecule has 1 saturated carbocycles. The molecule has 0 spiro atoms. The standard InChI is InChI=1S/C30H33N5O4/c1-2-28(38)33-11-13-34(14-12-33)29-25-9-10-35(27-17-23(37)16-21-5-3-4-6-24(21)27)18-26(25)31-30(32-29)39-19-20-7-8-22(36)15-20/h2-6,16-17,20,37H,1,7-15,18-19H2/t20-/m1/s1. The first-order valence-corrected chi connectivity index (χ1v) is 13.7. The van der Waals surface area contributed by atoms with Crippen LogP contribution in [0.25, 0.3) is 10.8 Å². The zero-order valence-electron chi connectivity index (χ0n) is 22.0. The number of anilines is 2. The molecule has 2 fully saturated rings. The van der Waals surface area contributed by atoms with Gasteiger partial charge in [0, 0.05) is 74.2 Å². The smallest absolute Gasteiger partial charge is 0.318 e. The van der Waals surface area contributed by atoms with Crippen LogP contribution >= 0.6 is 0 Å². The lowest BCUT2D eigenvalue weighted by molar-refractivity contribution is -0.126. The fourth-order valence-corrected chi connectivity index (χ4v) is 5.95. The Labute approximate surface area is 227 Å². The van der Waals surface area contributed by atoms with Gasteiger partial charge in [0.1, 0.15) is 17.4 Å². The summed E-state index contributed by atoms with van der Waals surface area (Å²) in [6.45, 7) is 7.90. The normalized spacial score (nSPS) is 19.3. The van der Waals surface area contributed by atoms with E-state index in [1.54, 1.807) is 11.0 Å². The molecule has 1 atom stereocenters. The molecule has 202 valence electrons. The Morgan fingerprint density at radius 2 is 1.90 bits per heavy atom. The highest BCUT2D eigenvalue weighted by atomic mass is 16.5. The lowest BCUT2D eigenvalue weighted by atomic mass is 10.0. The Morgan fingerprint density at radius 3 is 2.67 bits per heavy atom. The van der Waals surface area contributed by atoms with E-state index in [2.05, 4.69) is 22.4 Å². The molecular weight excluding hydrogens is 494 g/mol. The molecule has 1 amide bonds. The molecule has 0 unspecified atom stereocenters. The molecule has 0 bridgehead atoms. The van der Waals surface area contributed by atoms with Crippen molar-refractivity contribution >= 4 is 34.0 Å². The van der Waals surface area contributed by atoms with Crippen LogP contribution in [0.15, 0.2) is 49.1 Å². The number of aromatic nitrogens is 2. The van der Waals surface area contributed by atoms with Gasteiger partial charge < -0.3 is 24.5 Å². The van der Waals surface area contributed by atoms with Crippen molar-refractivity contribution in [3.63, 3.8) is 0 Å². The van der Waals surface area contributed by atoms with E-state index in [-0.39, 0.29) is 23.4 Å². The minimum atomic E-state index is -0.0523. The first-order chi connectivity index (χ1) is 19.0. The van der Waals surface area contributed by atoms with Gasteiger partial charge in [0.05, 0.1) is 18.8 Å². The van der Waals surface area contributed by atoms with Gasteiger partial charge in [-0.25, -0.2) is 0 Å². The molecule has 3 heterocycles. The lowest BCUT2D eigenvalue weighted by Crippen LogP contribution is -2.49. The topological polar surface area (TPSA) is 99.1 Å². The van der Waals surface area contributed by atoms with E-state index in [0.717, 1.165) is 52.9 Å². The van der Waals surface area contributed by atoms with Crippen molar-refractivity contribution in [3.8, 4) is 11.8 Å². The number of phenols is 1. The van der Waals surface area contributed by atoms with Crippen LogP contribution in [-0.4, -0.2) is 71.0 Å². The van der Waals surface area contributed by atoms with E-state index in [9.17, 15) is 14.7 Å². The van der Waals surface area contributed by atoms with E-state index in [0.29, 0.717) is 58.2 Å². The van der Waals surface area contributed by atoms with Crippen molar-refractivity contribution in [3.05, 3.63) is 60.3 Å². The summed E-state index contributed by atoms with van der Waals surface area (Å²) < 4.78 is 6.11. The highest BCUT2D eigenvalue weighted by Gasteiger charge is 2.30. The molecule has 39 heavy (non-hydrogen) atoms. The monoisotopic (exact) mass is 527 g/mol. The number of benzene rings is 2. The molecule has 9 nitrogen and oxygen atoms in total. The third-order valence-corrected chi connectivity index (χ3v) is 8.05. The molecule has 1 N–H and O–H groups in total. The molecule has 3 aliphatic rings. The van der Waals surface area contributed by atoms with Gasteiger partial charge in [-0.1, -0.05) is 30.8 Å². The van der Waals surface area contributed by atoms with Crippen LogP contribution in [0.3, 0.4) is 0 Å². The number of ketones is 1. The molecule has 2 aliphatic heterocycles. The van der Waals surface area contributed by atoms with E-state index in [1.165, 1.54) is 6.08 Å². The number of aromatic hydroxyl groups is 1. The number of piperazine rings is 1. The maximum absolute atomic E-state index is 12.1. The van der Waals surface area contributed by atoms with Crippen LogP contribution in [0, 0.1) is 5.92 Å². The number of carbonyl (C=O) groups excluding carboxylic acids is 2. The zero-order valence-corrected chi connectivity index (χ0v) is 22.0. The Balaban J connectivity index is 1.31. The van der Waals surface area contributed by atoms with E-state index in [4.69, 9.17) is 14.7 Å². The molecular formula is C30H33N5O4. The van der Waals surface area contributed by atoms with Crippen LogP contribution in [0.2, 0.25) is 0 Å². The third-order valence-electron chi connectivity index (χ3n) is 8.05. The van der Waals surface area contributed by atoms with Gasteiger partial charge in [-0.05, 0) is 30.4 Å². The molecule has 9 heteroatoms. The number of ether oxygens (including phenoxy) is 1. The molecule has 1 saturated heterocycles. The van der Waals surface area contributed by atoms with Crippen LogP contribution in [0.5, 0.6) is 11.8 Å². The number of hydrogen-bond donors (Lipinski definition) is 1. The second-order valence-corrected chi connectivity index (χ2v) is 10.6. The number of fused-ring (bicyclic) bond motifs is 2. The molecule has 0 radical (unpaired) electrons. The third kappa shape index (κ3) is 5.13. The highest BCUT2D eigenvalue weighted by molar-refractivity contribution is 5.95. The fraction of sp³-hybridized carbons (Fsp3) is 0.400. The maximum atomic E-state index is 12.1. The summed E-state index contributed by atoms with van der Waals surface area (Å²) >= 11 is 0. The van der Waals surface area contributed by atoms with Crippen molar-refractivity contribution in [2.45, 2.75) is 32.2 Å². The number of carbonyl (C=O) groups is 2. The van der Waals surface area contributed by atoms with Crippen molar-refractivity contribution in [1.29, 1.82) is 0 Å². The van der Waals surface area contributed by atoms with Crippen molar-refractivity contribution in [2.75, 3.05) is 49.1 Å². The Morgan fingerprint density at radius 1 is 1.08 bits per heavy atom. The summed E-state index contributed by atoms with van der Waals surface area (Å²) in [4.78, 5) is 39.9. The summed E-state index contributed by atoms with van der Waals surface area (Å²) in [5.74, 6) is 1.54. The van der Waals surface area contributed by atoms with Gasteiger partial charge >= 0.3 is 6.01 Å². The molecule has 6 rings (SSSR count). The number of nitrogens with zero attached hydrogens (tertiary/aromatic N) is 5. The Hall–Kier alpha value is -4.14. The van der Waals surface area contributed by atoms with E-state index < -0.39 is 0 Å². The molecule has 1 aromatic heterocycles. The summed E-state index contributed by atoms with van der Waals surface area (Å²) in [5, 5.41) is 12.5. The van der Waals surface area contributed by atoms with E-state index in [1.807, 2.05) is 24.3 Å². The molecule has 3 aromatic rings. The second-order valence-electron chi connectivity index (χ2n) is 10.6. The SMILES string of the molecule is C=CC(=O)N1CCN(c2nc(OC[C@@H]3CCC(=O)C3)nc3c2CCN(c2cc(O)cc4ccccc24)C3)CC1. The minimum absolute atomic E-state index is 0.0523. The predicted octanol–water partition coefficient (Wildman–Crippen LogP) is 3.48. The Kier molecular flexibility index (Phi) is 6.81. The van der Waals surface area contributed by atoms with Crippen molar-refractivity contribution in [2.24, 2.45) is 5.92 Å². The minimum Gasteiger partial charge on any atom is -0.508 e.